The van der Waals surface area contributed by atoms with Crippen molar-refractivity contribution in [2.75, 3.05) is 11.9 Å². The second-order valence-corrected chi connectivity index (χ2v) is 10.1. The number of benzene rings is 1. The summed E-state index contributed by atoms with van der Waals surface area (Å²) in [5, 5.41) is 16.1. The van der Waals surface area contributed by atoms with E-state index >= 15 is 0 Å². The van der Waals surface area contributed by atoms with Gasteiger partial charge in [0.05, 0.1) is 0 Å². The molecule has 0 radical (unpaired) electrons. The Labute approximate surface area is 199 Å². The number of alkyl halides is 3. The molecule has 2 rings (SSSR count). The lowest BCUT2D eigenvalue weighted by atomic mass is 10.1. The van der Waals surface area contributed by atoms with Crippen LogP contribution < -0.4 is 16.6 Å². The van der Waals surface area contributed by atoms with Gasteiger partial charge in [0, 0.05) is 31.5 Å². The number of carbonyl (C=O) groups is 1. The maximum absolute atomic E-state index is 12.5. The van der Waals surface area contributed by atoms with Crippen molar-refractivity contribution in [2.45, 2.75) is 68.3 Å². The molecule has 0 saturated carbocycles. The van der Waals surface area contributed by atoms with Crippen molar-refractivity contribution in [3.63, 3.8) is 0 Å². The lowest BCUT2D eigenvalue weighted by molar-refractivity contribution is -0.139. The van der Waals surface area contributed by atoms with E-state index in [-0.39, 0.29) is 18.8 Å². The fourth-order valence-corrected chi connectivity index (χ4v) is 4.17. The summed E-state index contributed by atoms with van der Waals surface area (Å²) < 4.78 is 37.9. The molecule has 0 amide bonds. The first-order chi connectivity index (χ1) is 15.8. The molecule has 34 heavy (non-hydrogen) atoms. The van der Waals surface area contributed by atoms with Gasteiger partial charge >= 0.3 is 17.8 Å². The van der Waals surface area contributed by atoms with E-state index in [0.29, 0.717) is 13.0 Å². The highest BCUT2D eigenvalue weighted by Gasteiger charge is 2.28. The molecule has 0 spiro atoms. The minimum Gasteiger partial charge on any atom is -0.480 e. The van der Waals surface area contributed by atoms with Crippen LogP contribution in [0.3, 0.4) is 0 Å². The second-order valence-electron chi connectivity index (χ2n) is 8.38. The van der Waals surface area contributed by atoms with Crippen LogP contribution in [0.2, 0.25) is 0 Å². The third-order valence-electron chi connectivity index (χ3n) is 5.02. The minimum absolute atomic E-state index is 0.0802. The molecule has 8 nitrogen and oxygen atoms in total. The number of thioether (sulfide) groups is 1. The monoisotopic (exact) mass is 502 g/mol. The topological polar surface area (TPSA) is 106 Å². The van der Waals surface area contributed by atoms with E-state index in [9.17, 15) is 32.7 Å². The van der Waals surface area contributed by atoms with Crippen molar-refractivity contribution in [3.05, 3.63) is 50.7 Å². The summed E-state index contributed by atoms with van der Waals surface area (Å²) in [6.07, 6.45) is -3.62. The molecule has 0 atom stereocenters. The molecule has 2 N–H and O–H groups in total. The van der Waals surface area contributed by atoms with E-state index in [1.807, 2.05) is 24.3 Å². The van der Waals surface area contributed by atoms with Crippen molar-refractivity contribution >= 4 is 23.5 Å². The Bertz CT molecular complexity index is 1110. The molecule has 0 aliphatic rings. The number of nitrogens with zero attached hydrogens (tertiary/aromatic N) is 3. The molecule has 2 aromatic rings. The summed E-state index contributed by atoms with van der Waals surface area (Å²) in [7, 11) is 1.34. The minimum atomic E-state index is -4.35. The molecule has 1 heterocycles. The zero-order chi connectivity index (χ0) is 25.5. The fraction of sp³-hybridized carbons (Fsp3) is 0.545. The Balaban J connectivity index is 1.91. The van der Waals surface area contributed by atoms with Crippen LogP contribution in [0.15, 0.2) is 38.8 Å². The van der Waals surface area contributed by atoms with E-state index in [1.165, 1.54) is 18.8 Å². The van der Waals surface area contributed by atoms with Gasteiger partial charge in [0.25, 0.3) is 5.56 Å². The molecule has 0 bridgehead atoms. The first-order valence-corrected chi connectivity index (χ1v) is 11.6. The van der Waals surface area contributed by atoms with Gasteiger partial charge in [0.2, 0.25) is 5.82 Å². The third-order valence-corrected chi connectivity index (χ3v) is 6.19. The molecular weight excluding hydrogens is 473 g/mol. The number of unbranched alkanes of at least 4 members (excludes halogenated alkanes) is 1. The third kappa shape index (κ3) is 8.23. The van der Waals surface area contributed by atoms with Crippen LogP contribution in [0.4, 0.5) is 19.0 Å². The molecular formula is C22H29F3N4O4S. The van der Waals surface area contributed by atoms with Gasteiger partial charge in [-0.3, -0.25) is 14.2 Å². The van der Waals surface area contributed by atoms with Gasteiger partial charge in [-0.2, -0.15) is 13.2 Å². The predicted molar refractivity (Wildman–Crippen MR) is 124 cm³/mol. The first-order valence-electron chi connectivity index (χ1n) is 10.8. The summed E-state index contributed by atoms with van der Waals surface area (Å²) in [4.78, 5) is 36.8. The van der Waals surface area contributed by atoms with E-state index in [1.54, 1.807) is 13.8 Å². The van der Waals surface area contributed by atoms with E-state index in [4.69, 9.17) is 0 Å². The zero-order valence-corrected chi connectivity index (χ0v) is 20.1. The Morgan fingerprint density at radius 1 is 1.18 bits per heavy atom. The van der Waals surface area contributed by atoms with Crippen LogP contribution in [-0.4, -0.2) is 42.9 Å². The van der Waals surface area contributed by atoms with Crippen molar-refractivity contribution in [3.8, 4) is 0 Å². The molecule has 0 aliphatic heterocycles. The summed E-state index contributed by atoms with van der Waals surface area (Å²) in [6, 6.07) is 7.66. The maximum atomic E-state index is 12.5. The quantitative estimate of drug-likeness (QED) is 0.337. The highest BCUT2D eigenvalue weighted by atomic mass is 32.2. The largest absolute Gasteiger partial charge is 0.480 e. The average Bonchev–Trinajstić information content (AvgIpc) is 2.73. The highest BCUT2D eigenvalue weighted by Crippen LogP contribution is 2.33. The molecule has 0 fully saturated rings. The fourth-order valence-electron chi connectivity index (χ4n) is 3.13. The Morgan fingerprint density at radius 3 is 2.53 bits per heavy atom. The lowest BCUT2D eigenvalue weighted by Crippen LogP contribution is -2.42. The zero-order valence-electron chi connectivity index (χ0n) is 19.3. The number of aromatic nitrogens is 3. The Morgan fingerprint density at radius 2 is 1.88 bits per heavy atom. The SMILES string of the molecule is Cn1nc(NCCCCc2cccc(SC(C)(C)C(=O)O)c2)c(=O)n(CCCC(F)(F)F)c1=O. The normalized spacial score (nSPS) is 12.1. The summed E-state index contributed by atoms with van der Waals surface area (Å²) in [6.45, 7) is 3.35. The van der Waals surface area contributed by atoms with Crippen molar-refractivity contribution in [1.82, 2.24) is 14.3 Å². The lowest BCUT2D eigenvalue weighted by Gasteiger charge is -2.18. The molecule has 0 aliphatic carbocycles. The number of rotatable bonds is 12. The number of carboxylic acids is 1. The Kier molecular flexibility index (Phi) is 9.37. The summed E-state index contributed by atoms with van der Waals surface area (Å²) >= 11 is 1.27. The molecule has 188 valence electrons. The number of halogens is 3. The van der Waals surface area contributed by atoms with Gasteiger partial charge in [-0.25, -0.2) is 9.48 Å². The second kappa shape index (κ2) is 11.6. The highest BCUT2D eigenvalue weighted by molar-refractivity contribution is 8.01. The number of anilines is 1. The smallest absolute Gasteiger partial charge is 0.389 e. The summed E-state index contributed by atoms with van der Waals surface area (Å²) in [5.74, 6) is -0.969. The summed E-state index contributed by atoms with van der Waals surface area (Å²) in [5.41, 5.74) is -0.448. The van der Waals surface area contributed by atoms with Crippen LogP contribution in [-0.2, 0) is 24.8 Å². The van der Waals surface area contributed by atoms with Gasteiger partial charge < -0.3 is 10.4 Å². The molecule has 0 unspecified atom stereocenters. The predicted octanol–water partition coefficient (Wildman–Crippen LogP) is 3.67. The van der Waals surface area contributed by atoms with Gasteiger partial charge in [0.15, 0.2) is 0 Å². The van der Waals surface area contributed by atoms with Crippen molar-refractivity contribution < 1.29 is 23.1 Å². The average molecular weight is 503 g/mol. The van der Waals surface area contributed by atoms with Crippen molar-refractivity contribution in [1.29, 1.82) is 0 Å². The van der Waals surface area contributed by atoms with E-state index in [2.05, 4.69) is 10.4 Å². The van der Waals surface area contributed by atoms with Crippen LogP contribution >= 0.6 is 11.8 Å². The van der Waals surface area contributed by atoms with Crippen LogP contribution in [0.25, 0.3) is 0 Å². The van der Waals surface area contributed by atoms with E-state index < -0.39 is 34.6 Å². The number of aryl methyl sites for hydroxylation is 2. The number of hydrogen-bond acceptors (Lipinski definition) is 6. The van der Waals surface area contributed by atoms with Crippen molar-refractivity contribution in [2.24, 2.45) is 7.05 Å². The molecule has 12 heteroatoms. The van der Waals surface area contributed by atoms with Gasteiger partial charge in [0.1, 0.15) is 4.75 Å². The van der Waals surface area contributed by atoms with Gasteiger partial charge in [-0.1, -0.05) is 12.1 Å². The standard InChI is InChI=1S/C22H29F3N4O4S/c1-21(2,19(31)32)34-16-10-6-9-15(14-16)8-4-5-12-26-17-18(30)29(20(33)28(3)27-17)13-7-11-22(23,24)25/h6,9-10,14H,4-5,7-8,11-13H2,1-3H3,(H,26,27)(H,31,32). The molecule has 0 saturated heterocycles. The van der Waals surface area contributed by atoms with Crippen LogP contribution in [0.5, 0.6) is 0 Å². The number of carboxylic acid groups (broad SMARTS) is 1. The Hall–Kier alpha value is -2.76. The number of nitrogens with one attached hydrogen (secondary N) is 1. The first kappa shape index (κ1) is 27.5. The number of hydrogen-bond donors (Lipinski definition) is 2. The van der Waals surface area contributed by atoms with Gasteiger partial charge in [-0.15, -0.1) is 16.9 Å². The van der Waals surface area contributed by atoms with Crippen LogP contribution in [0.1, 0.15) is 45.1 Å². The maximum Gasteiger partial charge on any atom is 0.389 e. The molecule has 1 aromatic carbocycles. The van der Waals surface area contributed by atoms with E-state index in [0.717, 1.165) is 32.5 Å². The number of aliphatic carboxylic acids is 1. The van der Waals surface area contributed by atoms with Crippen LogP contribution in [0, 0.1) is 0 Å². The van der Waals surface area contributed by atoms with Gasteiger partial charge in [-0.05, 0) is 57.2 Å². The molecule has 1 aromatic heterocycles.